The second kappa shape index (κ2) is 4.78. The molecule has 0 aliphatic heterocycles. The highest BCUT2D eigenvalue weighted by Gasteiger charge is 2.39. The number of benzene rings is 1. The largest absolute Gasteiger partial charge is 0.348 e. The standard InChI is InChI=1S/C14H13NOS2/c16-14(13-6-10(17)8-18-13)15-12-7-11(12)9-4-2-1-3-5-9/h1-6,8,11-12,17H,7H2,(H,15,16). The van der Waals surface area contributed by atoms with Crippen molar-refractivity contribution in [1.29, 1.82) is 0 Å². The minimum absolute atomic E-state index is 0.0173. The fourth-order valence-electron chi connectivity index (χ4n) is 2.11. The highest BCUT2D eigenvalue weighted by atomic mass is 32.1. The molecule has 2 unspecified atom stereocenters. The van der Waals surface area contributed by atoms with Crippen LogP contribution in [-0.4, -0.2) is 11.9 Å². The fraction of sp³-hybridized carbons (Fsp3) is 0.214. The lowest BCUT2D eigenvalue weighted by Gasteiger charge is -2.02. The number of thiophene rings is 1. The van der Waals surface area contributed by atoms with E-state index in [1.807, 2.05) is 29.6 Å². The lowest BCUT2D eigenvalue weighted by atomic mass is 10.1. The molecule has 18 heavy (non-hydrogen) atoms. The summed E-state index contributed by atoms with van der Waals surface area (Å²) in [5.41, 5.74) is 1.31. The van der Waals surface area contributed by atoms with Gasteiger partial charge in [0.05, 0.1) is 4.88 Å². The molecule has 1 aliphatic carbocycles. The van der Waals surface area contributed by atoms with Gasteiger partial charge in [0.25, 0.3) is 5.91 Å². The van der Waals surface area contributed by atoms with Crippen molar-refractivity contribution in [1.82, 2.24) is 5.32 Å². The SMILES string of the molecule is O=C(NC1CC1c1ccccc1)c1cc(S)cs1. The van der Waals surface area contributed by atoms with E-state index in [0.717, 1.165) is 16.2 Å². The third-order valence-corrected chi connectivity index (χ3v) is 4.51. The van der Waals surface area contributed by atoms with Gasteiger partial charge in [0.2, 0.25) is 0 Å². The van der Waals surface area contributed by atoms with Crippen LogP contribution in [0.25, 0.3) is 0 Å². The number of thiol groups is 1. The van der Waals surface area contributed by atoms with Crippen LogP contribution in [-0.2, 0) is 0 Å². The number of nitrogens with one attached hydrogen (secondary N) is 1. The fourth-order valence-corrected chi connectivity index (χ4v) is 3.16. The molecule has 1 amide bonds. The summed E-state index contributed by atoms with van der Waals surface area (Å²) in [6, 6.07) is 12.4. The Labute approximate surface area is 115 Å². The molecule has 0 saturated heterocycles. The van der Waals surface area contributed by atoms with Crippen molar-refractivity contribution in [2.45, 2.75) is 23.3 Å². The normalized spacial score (nSPS) is 21.6. The Kier molecular flexibility index (Phi) is 3.14. The van der Waals surface area contributed by atoms with E-state index in [1.54, 1.807) is 0 Å². The first-order valence-corrected chi connectivity index (χ1v) is 7.20. The first-order valence-electron chi connectivity index (χ1n) is 5.87. The molecule has 1 aromatic heterocycles. The average molecular weight is 275 g/mol. The van der Waals surface area contributed by atoms with Gasteiger partial charge >= 0.3 is 0 Å². The van der Waals surface area contributed by atoms with Crippen LogP contribution >= 0.6 is 24.0 Å². The molecule has 1 N–H and O–H groups in total. The van der Waals surface area contributed by atoms with E-state index in [4.69, 9.17) is 0 Å². The predicted molar refractivity (Wildman–Crippen MR) is 76.6 cm³/mol. The van der Waals surface area contributed by atoms with Crippen LogP contribution in [0, 0.1) is 0 Å². The Morgan fingerprint density at radius 2 is 2.11 bits per heavy atom. The van der Waals surface area contributed by atoms with E-state index in [2.05, 4.69) is 30.1 Å². The Hall–Kier alpha value is -1.26. The molecule has 2 aromatic rings. The number of amides is 1. The molecule has 1 saturated carbocycles. The smallest absolute Gasteiger partial charge is 0.261 e. The van der Waals surface area contributed by atoms with Crippen LogP contribution in [0.1, 0.15) is 27.6 Å². The first kappa shape index (κ1) is 11.8. The summed E-state index contributed by atoms with van der Waals surface area (Å²) >= 11 is 5.65. The molecule has 92 valence electrons. The summed E-state index contributed by atoms with van der Waals surface area (Å²) in [5, 5.41) is 4.94. The zero-order chi connectivity index (χ0) is 12.5. The van der Waals surface area contributed by atoms with Gasteiger partial charge in [-0.3, -0.25) is 4.79 Å². The third kappa shape index (κ3) is 2.44. The molecule has 4 heteroatoms. The van der Waals surface area contributed by atoms with Crippen LogP contribution in [0.4, 0.5) is 0 Å². The molecular formula is C14H13NOS2. The summed E-state index contributed by atoms with van der Waals surface area (Å²) in [6.45, 7) is 0. The second-order valence-corrected chi connectivity index (χ2v) is 5.93. The number of carbonyl (C=O) groups excluding carboxylic acids is 1. The Balaban J connectivity index is 1.62. The summed E-state index contributed by atoms with van der Waals surface area (Å²) in [4.78, 5) is 13.5. The molecule has 2 atom stereocenters. The van der Waals surface area contributed by atoms with Gasteiger partial charge in [0.15, 0.2) is 0 Å². The first-order chi connectivity index (χ1) is 8.74. The molecule has 0 radical (unpaired) electrons. The van der Waals surface area contributed by atoms with Crippen LogP contribution in [0.3, 0.4) is 0 Å². The van der Waals surface area contributed by atoms with E-state index < -0.39 is 0 Å². The maximum atomic E-state index is 12.0. The van der Waals surface area contributed by atoms with Gasteiger partial charge in [-0.15, -0.1) is 24.0 Å². The number of hydrogen-bond acceptors (Lipinski definition) is 3. The van der Waals surface area contributed by atoms with Gasteiger partial charge in [0.1, 0.15) is 0 Å². The molecule has 3 rings (SSSR count). The minimum atomic E-state index is 0.0173. The van der Waals surface area contributed by atoms with Gasteiger partial charge in [-0.25, -0.2) is 0 Å². The van der Waals surface area contributed by atoms with Crippen molar-refractivity contribution in [2.75, 3.05) is 0 Å². The van der Waals surface area contributed by atoms with Crippen molar-refractivity contribution in [3.05, 3.63) is 52.2 Å². The molecule has 1 aliphatic rings. The van der Waals surface area contributed by atoms with E-state index in [0.29, 0.717) is 5.92 Å². The number of rotatable bonds is 3. The van der Waals surface area contributed by atoms with Crippen LogP contribution in [0.15, 0.2) is 46.7 Å². The van der Waals surface area contributed by atoms with Crippen LogP contribution in [0.5, 0.6) is 0 Å². The predicted octanol–water partition coefficient (Wildman–Crippen LogP) is 3.32. The number of hydrogen-bond donors (Lipinski definition) is 2. The van der Waals surface area contributed by atoms with E-state index >= 15 is 0 Å². The van der Waals surface area contributed by atoms with Crippen molar-refractivity contribution >= 4 is 29.9 Å². The molecule has 1 aromatic carbocycles. The highest BCUT2D eigenvalue weighted by Crippen LogP contribution is 2.40. The lowest BCUT2D eigenvalue weighted by Crippen LogP contribution is -2.25. The molecule has 0 bridgehead atoms. The van der Waals surface area contributed by atoms with Crippen molar-refractivity contribution in [3.63, 3.8) is 0 Å². The molecule has 1 fully saturated rings. The van der Waals surface area contributed by atoms with E-state index in [-0.39, 0.29) is 11.9 Å². The van der Waals surface area contributed by atoms with Crippen LogP contribution in [0.2, 0.25) is 0 Å². The minimum Gasteiger partial charge on any atom is -0.348 e. The zero-order valence-electron chi connectivity index (χ0n) is 9.67. The number of carbonyl (C=O) groups is 1. The maximum absolute atomic E-state index is 12.0. The highest BCUT2D eigenvalue weighted by molar-refractivity contribution is 7.80. The lowest BCUT2D eigenvalue weighted by molar-refractivity contribution is 0.0954. The topological polar surface area (TPSA) is 29.1 Å². The molecule has 1 heterocycles. The van der Waals surface area contributed by atoms with E-state index in [1.165, 1.54) is 16.9 Å². The van der Waals surface area contributed by atoms with Gasteiger partial charge in [-0.2, -0.15) is 0 Å². The quantitative estimate of drug-likeness (QED) is 0.827. The second-order valence-electron chi connectivity index (χ2n) is 4.50. The van der Waals surface area contributed by atoms with Crippen molar-refractivity contribution in [3.8, 4) is 0 Å². The van der Waals surface area contributed by atoms with Gasteiger partial charge in [0, 0.05) is 22.2 Å². The zero-order valence-corrected chi connectivity index (χ0v) is 11.4. The molecular weight excluding hydrogens is 262 g/mol. The Morgan fingerprint density at radius 1 is 1.33 bits per heavy atom. The van der Waals surface area contributed by atoms with Crippen molar-refractivity contribution in [2.24, 2.45) is 0 Å². The molecule has 2 nitrogen and oxygen atoms in total. The maximum Gasteiger partial charge on any atom is 0.261 e. The summed E-state index contributed by atoms with van der Waals surface area (Å²) in [7, 11) is 0. The average Bonchev–Trinajstić information content (AvgIpc) is 3.01. The van der Waals surface area contributed by atoms with Crippen molar-refractivity contribution < 1.29 is 4.79 Å². The van der Waals surface area contributed by atoms with Gasteiger partial charge in [-0.05, 0) is 18.1 Å². The monoisotopic (exact) mass is 275 g/mol. The molecule has 0 spiro atoms. The Bertz CT molecular complexity index is 564. The third-order valence-electron chi connectivity index (χ3n) is 3.14. The Morgan fingerprint density at radius 3 is 2.78 bits per heavy atom. The van der Waals surface area contributed by atoms with Gasteiger partial charge < -0.3 is 5.32 Å². The van der Waals surface area contributed by atoms with Gasteiger partial charge in [-0.1, -0.05) is 30.3 Å². The summed E-state index contributed by atoms with van der Waals surface area (Å²) in [5.74, 6) is 0.495. The van der Waals surface area contributed by atoms with Crippen LogP contribution < -0.4 is 5.32 Å². The van der Waals surface area contributed by atoms with E-state index in [9.17, 15) is 4.79 Å². The summed E-state index contributed by atoms with van der Waals surface area (Å²) in [6.07, 6.45) is 1.04. The summed E-state index contributed by atoms with van der Waals surface area (Å²) < 4.78 is 0.